The highest BCUT2D eigenvalue weighted by atomic mass is 35.5. The number of nitrogens with zero attached hydrogens (tertiary/aromatic N) is 2. The third kappa shape index (κ3) is 2.99. The number of hydrogen-bond donors (Lipinski definition) is 0. The Kier molecular flexibility index (Phi) is 4.61. The standard InChI is InChI=1S/C14H13Cl2FN2/c1-2-19(13-6-4-3-5-12(13)17)14-7-10(8-15)11(16)9-18-14/h3-7,9H,2,8H2,1H3. The number of halogens is 3. The van der Waals surface area contributed by atoms with E-state index in [9.17, 15) is 4.39 Å². The average Bonchev–Trinajstić information content (AvgIpc) is 2.43. The lowest BCUT2D eigenvalue weighted by molar-refractivity contribution is 0.625. The van der Waals surface area contributed by atoms with E-state index < -0.39 is 0 Å². The van der Waals surface area contributed by atoms with Crippen LogP contribution in [-0.4, -0.2) is 11.5 Å². The van der Waals surface area contributed by atoms with Gasteiger partial charge in [-0.3, -0.25) is 0 Å². The Hall–Kier alpha value is -1.32. The third-order valence-electron chi connectivity index (χ3n) is 2.80. The van der Waals surface area contributed by atoms with Crippen LogP contribution < -0.4 is 4.90 Å². The van der Waals surface area contributed by atoms with Gasteiger partial charge in [0.05, 0.1) is 10.7 Å². The van der Waals surface area contributed by atoms with Gasteiger partial charge in [0.2, 0.25) is 0 Å². The number of para-hydroxylation sites is 1. The van der Waals surface area contributed by atoms with Gasteiger partial charge in [-0.25, -0.2) is 9.37 Å². The quantitative estimate of drug-likeness (QED) is 0.756. The van der Waals surface area contributed by atoms with Crippen molar-refractivity contribution in [2.24, 2.45) is 0 Å². The molecule has 2 nitrogen and oxygen atoms in total. The molecule has 2 aromatic rings. The zero-order valence-corrected chi connectivity index (χ0v) is 11.9. The number of hydrogen-bond acceptors (Lipinski definition) is 2. The second-order valence-electron chi connectivity index (χ2n) is 3.96. The van der Waals surface area contributed by atoms with Crippen molar-refractivity contribution in [2.45, 2.75) is 12.8 Å². The van der Waals surface area contributed by atoms with Crippen molar-refractivity contribution < 1.29 is 4.39 Å². The molecule has 2 rings (SSSR count). The molecular formula is C14H13Cl2FN2. The molecule has 5 heteroatoms. The van der Waals surface area contributed by atoms with Crippen LogP contribution >= 0.6 is 23.2 Å². The predicted octanol–water partition coefficient (Wildman–Crippen LogP) is 4.77. The van der Waals surface area contributed by atoms with Crippen molar-refractivity contribution in [3.63, 3.8) is 0 Å². The molecule has 100 valence electrons. The molecule has 0 bridgehead atoms. The minimum atomic E-state index is -0.284. The summed E-state index contributed by atoms with van der Waals surface area (Å²) in [7, 11) is 0. The van der Waals surface area contributed by atoms with Gasteiger partial charge >= 0.3 is 0 Å². The summed E-state index contributed by atoms with van der Waals surface area (Å²) in [6.07, 6.45) is 1.54. The normalized spacial score (nSPS) is 10.5. The van der Waals surface area contributed by atoms with Gasteiger partial charge < -0.3 is 4.90 Å². The number of benzene rings is 1. The summed E-state index contributed by atoms with van der Waals surface area (Å²) in [6.45, 7) is 2.53. The van der Waals surface area contributed by atoms with E-state index in [1.807, 2.05) is 6.92 Å². The highest BCUT2D eigenvalue weighted by Gasteiger charge is 2.14. The monoisotopic (exact) mass is 298 g/mol. The molecule has 0 fully saturated rings. The molecule has 1 aromatic carbocycles. The molecule has 0 saturated carbocycles. The lowest BCUT2D eigenvalue weighted by Crippen LogP contribution is -2.18. The lowest BCUT2D eigenvalue weighted by atomic mass is 10.2. The van der Waals surface area contributed by atoms with Gasteiger partial charge in [-0.05, 0) is 30.7 Å². The summed E-state index contributed by atoms with van der Waals surface area (Å²) >= 11 is 11.8. The van der Waals surface area contributed by atoms with Crippen LogP contribution in [0.15, 0.2) is 36.5 Å². The fourth-order valence-electron chi connectivity index (χ4n) is 1.84. The van der Waals surface area contributed by atoms with Crippen molar-refractivity contribution in [1.29, 1.82) is 0 Å². The van der Waals surface area contributed by atoms with E-state index in [1.165, 1.54) is 12.3 Å². The number of anilines is 2. The van der Waals surface area contributed by atoms with Gasteiger partial charge in [0.15, 0.2) is 0 Å². The zero-order valence-electron chi connectivity index (χ0n) is 10.4. The van der Waals surface area contributed by atoms with Crippen molar-refractivity contribution >= 4 is 34.7 Å². The first-order valence-electron chi connectivity index (χ1n) is 5.89. The van der Waals surface area contributed by atoms with Gasteiger partial charge in [0.1, 0.15) is 11.6 Å². The smallest absolute Gasteiger partial charge is 0.146 e. The summed E-state index contributed by atoms with van der Waals surface area (Å²) in [5.41, 5.74) is 1.27. The largest absolute Gasteiger partial charge is 0.324 e. The van der Waals surface area contributed by atoms with Gasteiger partial charge in [-0.2, -0.15) is 0 Å². The molecule has 0 unspecified atom stereocenters. The first-order valence-corrected chi connectivity index (χ1v) is 6.81. The zero-order chi connectivity index (χ0) is 13.8. The average molecular weight is 299 g/mol. The Balaban J connectivity index is 2.45. The maximum Gasteiger partial charge on any atom is 0.146 e. The maximum absolute atomic E-state index is 13.9. The van der Waals surface area contributed by atoms with Crippen molar-refractivity contribution in [3.05, 3.63) is 52.9 Å². The van der Waals surface area contributed by atoms with Gasteiger partial charge in [-0.1, -0.05) is 23.7 Å². The molecule has 0 atom stereocenters. The molecular weight excluding hydrogens is 286 g/mol. The summed E-state index contributed by atoms with van der Waals surface area (Å²) < 4.78 is 13.9. The van der Waals surface area contributed by atoms with Crippen LogP contribution in [0.3, 0.4) is 0 Å². The Morgan fingerprint density at radius 2 is 2.05 bits per heavy atom. The van der Waals surface area contributed by atoms with Crippen LogP contribution in [0.5, 0.6) is 0 Å². The number of rotatable bonds is 4. The van der Waals surface area contributed by atoms with Crippen LogP contribution in [0.2, 0.25) is 5.02 Å². The summed E-state index contributed by atoms with van der Waals surface area (Å²) in [4.78, 5) is 6.02. The molecule has 0 aliphatic heterocycles. The van der Waals surface area contributed by atoms with E-state index in [2.05, 4.69) is 4.98 Å². The lowest BCUT2D eigenvalue weighted by Gasteiger charge is -2.23. The highest BCUT2D eigenvalue weighted by molar-refractivity contribution is 6.32. The van der Waals surface area contributed by atoms with E-state index in [0.29, 0.717) is 29.0 Å². The minimum Gasteiger partial charge on any atom is -0.324 e. The van der Waals surface area contributed by atoms with Gasteiger partial charge in [0, 0.05) is 18.6 Å². The molecule has 0 spiro atoms. The first kappa shape index (κ1) is 14.1. The van der Waals surface area contributed by atoms with E-state index in [0.717, 1.165) is 5.56 Å². The summed E-state index contributed by atoms with van der Waals surface area (Å²) in [5, 5.41) is 0.517. The van der Waals surface area contributed by atoms with E-state index in [4.69, 9.17) is 23.2 Å². The topological polar surface area (TPSA) is 16.1 Å². The van der Waals surface area contributed by atoms with Crippen LogP contribution in [0.25, 0.3) is 0 Å². The van der Waals surface area contributed by atoms with E-state index in [1.54, 1.807) is 29.2 Å². The second kappa shape index (κ2) is 6.22. The Morgan fingerprint density at radius 1 is 1.32 bits per heavy atom. The van der Waals surface area contributed by atoms with Gasteiger partial charge in [0.25, 0.3) is 0 Å². The molecule has 0 saturated heterocycles. The Morgan fingerprint density at radius 3 is 2.68 bits per heavy atom. The first-order chi connectivity index (χ1) is 9.17. The fraction of sp³-hybridized carbons (Fsp3) is 0.214. The molecule has 1 heterocycles. The third-order valence-corrected chi connectivity index (χ3v) is 3.43. The highest BCUT2D eigenvalue weighted by Crippen LogP contribution is 2.28. The molecule has 0 aliphatic rings. The van der Waals surface area contributed by atoms with Crippen molar-refractivity contribution in [1.82, 2.24) is 4.98 Å². The fourth-order valence-corrected chi connectivity index (χ4v) is 2.30. The maximum atomic E-state index is 13.9. The van der Waals surface area contributed by atoms with Gasteiger partial charge in [-0.15, -0.1) is 11.6 Å². The molecule has 0 radical (unpaired) electrons. The van der Waals surface area contributed by atoms with Crippen molar-refractivity contribution in [3.8, 4) is 0 Å². The van der Waals surface area contributed by atoms with E-state index in [-0.39, 0.29) is 5.82 Å². The molecule has 0 aliphatic carbocycles. The summed E-state index contributed by atoms with van der Waals surface area (Å²) in [5.74, 6) is 0.643. The van der Waals surface area contributed by atoms with Crippen molar-refractivity contribution in [2.75, 3.05) is 11.4 Å². The Bertz CT molecular complexity index is 575. The van der Waals surface area contributed by atoms with E-state index >= 15 is 0 Å². The number of pyridine rings is 1. The van der Waals surface area contributed by atoms with Crippen LogP contribution in [-0.2, 0) is 5.88 Å². The second-order valence-corrected chi connectivity index (χ2v) is 4.64. The number of aromatic nitrogens is 1. The molecule has 19 heavy (non-hydrogen) atoms. The predicted molar refractivity (Wildman–Crippen MR) is 77.9 cm³/mol. The SMILES string of the molecule is CCN(c1cc(CCl)c(Cl)cn1)c1ccccc1F. The minimum absolute atomic E-state index is 0.284. The number of alkyl halides is 1. The molecule has 0 N–H and O–H groups in total. The molecule has 0 amide bonds. The molecule has 1 aromatic heterocycles. The van der Waals surface area contributed by atoms with Crippen LogP contribution in [0.1, 0.15) is 12.5 Å². The van der Waals surface area contributed by atoms with Crippen LogP contribution in [0.4, 0.5) is 15.9 Å². The Labute approximate surface area is 121 Å². The van der Waals surface area contributed by atoms with Crippen LogP contribution in [0, 0.1) is 5.82 Å². The summed E-state index contributed by atoms with van der Waals surface area (Å²) in [6, 6.07) is 8.38.